The van der Waals surface area contributed by atoms with Crippen molar-refractivity contribution in [2.75, 3.05) is 16.2 Å². The first kappa shape index (κ1) is 21.6. The van der Waals surface area contributed by atoms with Crippen LogP contribution >= 0.6 is 0 Å². The molecule has 0 fully saturated rings. The van der Waals surface area contributed by atoms with E-state index >= 15 is 0 Å². The van der Waals surface area contributed by atoms with Crippen molar-refractivity contribution in [3.8, 4) is 0 Å². The standard InChI is InChI=1S/C24H26N2O3S/c1-4-20-10-8-9-13-23(20)26(30(28,29)21-11-6-5-7-12-21)17-24(27)25-22-16-18(2)14-15-19(22)3/h5-16H,4,17H2,1-3H3,(H,25,27). The first-order chi connectivity index (χ1) is 14.3. The van der Waals surface area contributed by atoms with Gasteiger partial charge in [0.05, 0.1) is 10.6 Å². The van der Waals surface area contributed by atoms with Gasteiger partial charge in [-0.2, -0.15) is 0 Å². The molecule has 0 saturated heterocycles. The van der Waals surface area contributed by atoms with Crippen LogP contribution in [0.1, 0.15) is 23.6 Å². The van der Waals surface area contributed by atoms with Gasteiger partial charge in [-0.15, -0.1) is 0 Å². The molecule has 6 heteroatoms. The maximum Gasteiger partial charge on any atom is 0.264 e. The highest BCUT2D eigenvalue weighted by Crippen LogP contribution is 2.28. The van der Waals surface area contributed by atoms with Gasteiger partial charge in [-0.05, 0) is 61.2 Å². The molecule has 1 amide bonds. The van der Waals surface area contributed by atoms with Gasteiger partial charge in [0.25, 0.3) is 10.0 Å². The number of rotatable bonds is 7. The number of anilines is 2. The van der Waals surface area contributed by atoms with Crippen molar-refractivity contribution in [1.82, 2.24) is 0 Å². The van der Waals surface area contributed by atoms with E-state index in [0.29, 0.717) is 17.8 Å². The molecule has 0 aliphatic rings. The summed E-state index contributed by atoms with van der Waals surface area (Å²) in [6.45, 7) is 5.49. The number of hydrogen-bond donors (Lipinski definition) is 1. The van der Waals surface area contributed by atoms with Crippen LogP contribution in [0, 0.1) is 13.8 Å². The molecule has 0 radical (unpaired) electrons. The van der Waals surface area contributed by atoms with E-state index in [9.17, 15) is 13.2 Å². The van der Waals surface area contributed by atoms with Crippen LogP contribution in [0.15, 0.2) is 77.7 Å². The Morgan fingerprint density at radius 1 is 0.933 bits per heavy atom. The highest BCUT2D eigenvalue weighted by atomic mass is 32.2. The Bertz CT molecular complexity index is 1140. The number of sulfonamides is 1. The van der Waals surface area contributed by atoms with E-state index in [1.54, 1.807) is 42.5 Å². The molecule has 0 atom stereocenters. The molecule has 0 heterocycles. The fourth-order valence-corrected chi connectivity index (χ4v) is 4.74. The van der Waals surface area contributed by atoms with Gasteiger partial charge in [-0.25, -0.2) is 8.42 Å². The maximum absolute atomic E-state index is 13.5. The summed E-state index contributed by atoms with van der Waals surface area (Å²) < 4.78 is 28.1. The van der Waals surface area contributed by atoms with Gasteiger partial charge in [0, 0.05) is 5.69 Å². The summed E-state index contributed by atoms with van der Waals surface area (Å²) in [6.07, 6.45) is 0.648. The van der Waals surface area contributed by atoms with Crippen molar-refractivity contribution in [2.45, 2.75) is 32.1 Å². The van der Waals surface area contributed by atoms with Crippen molar-refractivity contribution in [2.24, 2.45) is 0 Å². The molecular formula is C24H26N2O3S. The Balaban J connectivity index is 2.00. The van der Waals surface area contributed by atoms with Crippen LogP contribution < -0.4 is 9.62 Å². The van der Waals surface area contributed by atoms with E-state index in [1.165, 1.54) is 4.31 Å². The molecule has 3 rings (SSSR count). The van der Waals surface area contributed by atoms with E-state index in [4.69, 9.17) is 0 Å². The average Bonchev–Trinajstić information content (AvgIpc) is 2.75. The number of para-hydroxylation sites is 1. The minimum atomic E-state index is -3.92. The second-order valence-corrected chi connectivity index (χ2v) is 9.04. The van der Waals surface area contributed by atoms with Crippen molar-refractivity contribution in [3.63, 3.8) is 0 Å². The van der Waals surface area contributed by atoms with Gasteiger partial charge in [0.2, 0.25) is 5.91 Å². The number of carbonyl (C=O) groups is 1. The number of hydrogen-bond acceptors (Lipinski definition) is 3. The minimum absolute atomic E-state index is 0.149. The Kier molecular flexibility index (Phi) is 6.57. The maximum atomic E-state index is 13.5. The third-order valence-electron chi connectivity index (χ3n) is 4.93. The van der Waals surface area contributed by atoms with Gasteiger partial charge in [0.1, 0.15) is 6.54 Å². The average molecular weight is 423 g/mol. The molecular weight excluding hydrogens is 396 g/mol. The topological polar surface area (TPSA) is 66.5 Å². The SMILES string of the molecule is CCc1ccccc1N(CC(=O)Nc1cc(C)ccc1C)S(=O)(=O)c1ccccc1. The van der Waals surface area contributed by atoms with Crippen molar-refractivity contribution >= 4 is 27.3 Å². The zero-order chi connectivity index (χ0) is 21.7. The number of nitrogens with one attached hydrogen (secondary N) is 1. The fraction of sp³-hybridized carbons (Fsp3) is 0.208. The van der Waals surface area contributed by atoms with E-state index in [2.05, 4.69) is 5.32 Å². The molecule has 30 heavy (non-hydrogen) atoms. The molecule has 0 aliphatic carbocycles. The number of carbonyl (C=O) groups excluding carboxylic acids is 1. The lowest BCUT2D eigenvalue weighted by molar-refractivity contribution is -0.114. The molecule has 0 bridgehead atoms. The number of amides is 1. The molecule has 0 spiro atoms. The summed E-state index contributed by atoms with van der Waals surface area (Å²) in [7, 11) is -3.92. The summed E-state index contributed by atoms with van der Waals surface area (Å²) in [5.41, 5.74) is 3.98. The predicted molar refractivity (Wildman–Crippen MR) is 121 cm³/mol. The van der Waals surface area contributed by atoms with Crippen molar-refractivity contribution < 1.29 is 13.2 Å². The fourth-order valence-electron chi connectivity index (χ4n) is 3.26. The van der Waals surface area contributed by atoms with Crippen LogP contribution in [0.5, 0.6) is 0 Å². The number of aryl methyl sites for hydroxylation is 3. The lowest BCUT2D eigenvalue weighted by atomic mass is 10.1. The monoisotopic (exact) mass is 422 g/mol. The number of nitrogens with zero attached hydrogens (tertiary/aromatic N) is 1. The normalized spacial score (nSPS) is 11.2. The van der Waals surface area contributed by atoms with Crippen molar-refractivity contribution in [3.05, 3.63) is 89.5 Å². The summed E-state index contributed by atoms with van der Waals surface area (Å²) in [4.78, 5) is 13.1. The van der Waals surface area contributed by atoms with E-state index in [-0.39, 0.29) is 11.4 Å². The summed E-state index contributed by atoms with van der Waals surface area (Å²) >= 11 is 0. The predicted octanol–water partition coefficient (Wildman–Crippen LogP) is 4.70. The quantitative estimate of drug-likeness (QED) is 0.600. The van der Waals surface area contributed by atoms with Crippen LogP contribution in [-0.4, -0.2) is 20.9 Å². The largest absolute Gasteiger partial charge is 0.324 e. The molecule has 5 nitrogen and oxygen atoms in total. The van der Waals surface area contributed by atoms with Gasteiger partial charge >= 0.3 is 0 Å². The van der Waals surface area contributed by atoms with Crippen molar-refractivity contribution in [1.29, 1.82) is 0 Å². The Morgan fingerprint density at radius 2 is 1.60 bits per heavy atom. The smallest absolute Gasteiger partial charge is 0.264 e. The van der Waals surface area contributed by atoms with Gasteiger partial charge in [-0.1, -0.05) is 55.5 Å². The van der Waals surface area contributed by atoms with Crippen LogP contribution in [0.4, 0.5) is 11.4 Å². The molecule has 0 saturated carbocycles. The third-order valence-corrected chi connectivity index (χ3v) is 6.70. The van der Waals surface area contributed by atoms with Gasteiger partial charge in [0.15, 0.2) is 0 Å². The van der Waals surface area contributed by atoms with Crippen LogP contribution in [0.25, 0.3) is 0 Å². The molecule has 156 valence electrons. The summed E-state index contributed by atoms with van der Waals surface area (Å²) in [5, 5.41) is 2.87. The third kappa shape index (κ3) is 4.71. The van der Waals surface area contributed by atoms with E-state index in [1.807, 2.05) is 51.1 Å². The Morgan fingerprint density at radius 3 is 2.30 bits per heavy atom. The molecule has 0 aromatic heterocycles. The zero-order valence-electron chi connectivity index (χ0n) is 17.4. The molecule has 0 unspecified atom stereocenters. The summed E-state index contributed by atoms with van der Waals surface area (Å²) in [5.74, 6) is -0.394. The van der Waals surface area contributed by atoms with E-state index < -0.39 is 15.9 Å². The Labute approximate surface area is 178 Å². The lowest BCUT2D eigenvalue weighted by Crippen LogP contribution is -2.38. The molecule has 3 aromatic rings. The highest BCUT2D eigenvalue weighted by molar-refractivity contribution is 7.92. The first-order valence-corrected chi connectivity index (χ1v) is 11.3. The zero-order valence-corrected chi connectivity index (χ0v) is 18.2. The second kappa shape index (κ2) is 9.13. The van der Waals surface area contributed by atoms with Crippen LogP contribution in [0.2, 0.25) is 0 Å². The van der Waals surface area contributed by atoms with E-state index in [0.717, 1.165) is 16.7 Å². The number of benzene rings is 3. The first-order valence-electron chi connectivity index (χ1n) is 9.85. The minimum Gasteiger partial charge on any atom is -0.324 e. The molecule has 1 N–H and O–H groups in total. The van der Waals surface area contributed by atoms with Gasteiger partial charge < -0.3 is 5.32 Å². The second-order valence-electron chi connectivity index (χ2n) is 7.17. The van der Waals surface area contributed by atoms with Crippen LogP contribution in [-0.2, 0) is 21.2 Å². The highest BCUT2D eigenvalue weighted by Gasteiger charge is 2.28. The lowest BCUT2D eigenvalue weighted by Gasteiger charge is -2.26. The molecule has 0 aliphatic heterocycles. The Hall–Kier alpha value is -3.12. The summed E-state index contributed by atoms with van der Waals surface area (Å²) in [6, 6.07) is 21.2. The molecule has 3 aromatic carbocycles. The van der Waals surface area contributed by atoms with Crippen LogP contribution in [0.3, 0.4) is 0 Å². The van der Waals surface area contributed by atoms with Gasteiger partial charge in [-0.3, -0.25) is 9.10 Å².